The Balaban J connectivity index is 1.98. The predicted octanol–water partition coefficient (Wildman–Crippen LogP) is 1.94. The number of nitrogens with one attached hydrogen (secondary N) is 1. The van der Waals surface area contributed by atoms with Gasteiger partial charge in [-0.15, -0.1) is 0 Å². The van der Waals surface area contributed by atoms with E-state index in [1.807, 2.05) is 6.07 Å². The van der Waals surface area contributed by atoms with Crippen LogP contribution in [-0.4, -0.2) is 30.3 Å². The molecule has 0 aromatic heterocycles. The van der Waals surface area contributed by atoms with Crippen LogP contribution in [0.15, 0.2) is 6.07 Å². The minimum absolute atomic E-state index is 0.0104. The Labute approximate surface area is 135 Å². The molecule has 0 bridgehead atoms. The molecule has 3 aliphatic rings. The van der Waals surface area contributed by atoms with E-state index >= 15 is 0 Å². The van der Waals surface area contributed by atoms with Crippen molar-refractivity contribution in [2.75, 3.05) is 13.7 Å². The van der Waals surface area contributed by atoms with Gasteiger partial charge in [-0.3, -0.25) is 9.59 Å². The van der Waals surface area contributed by atoms with Crippen molar-refractivity contribution in [3.63, 3.8) is 0 Å². The summed E-state index contributed by atoms with van der Waals surface area (Å²) in [5.41, 5.74) is 2.24. The number of ether oxygens (including phenoxy) is 1. The molecule has 5 nitrogen and oxygen atoms in total. The molecule has 2 N–H and O–H groups in total. The number of hydrogen-bond donors (Lipinski definition) is 2. The molecule has 5 heteroatoms. The Morgan fingerprint density at radius 3 is 2.87 bits per heavy atom. The second-order valence-corrected chi connectivity index (χ2v) is 6.89. The van der Waals surface area contributed by atoms with Crippen molar-refractivity contribution in [3.8, 4) is 11.5 Å². The average molecular weight is 315 g/mol. The molecule has 122 valence electrons. The summed E-state index contributed by atoms with van der Waals surface area (Å²) in [5.74, 6) is 0.494. The quantitative estimate of drug-likeness (QED) is 0.775. The van der Waals surface area contributed by atoms with E-state index in [9.17, 15) is 14.7 Å². The number of aromatic hydroxyl groups is 1. The molecule has 23 heavy (non-hydrogen) atoms. The molecule has 2 aliphatic carbocycles. The van der Waals surface area contributed by atoms with Gasteiger partial charge in [0.1, 0.15) is 5.78 Å². The molecule has 0 saturated heterocycles. The fourth-order valence-corrected chi connectivity index (χ4v) is 4.66. The lowest BCUT2D eigenvalue weighted by molar-refractivity contribution is -0.135. The van der Waals surface area contributed by atoms with Gasteiger partial charge < -0.3 is 15.2 Å². The van der Waals surface area contributed by atoms with Crippen LogP contribution in [0.3, 0.4) is 0 Å². The molecule has 2 atom stereocenters. The van der Waals surface area contributed by atoms with Crippen LogP contribution in [0.1, 0.15) is 54.8 Å². The molecule has 0 unspecified atom stereocenters. The molecule has 1 aromatic rings. The van der Waals surface area contributed by atoms with Crippen LogP contribution < -0.4 is 10.1 Å². The standard InChI is InChI=1S/C18H21NO4/c1-23-13-8-10-4-7-19-12-3-6-18(16(15(10)12)17(13)22)5-2-11(20)9-14(18)21/h8,12,19,22H,2-7,9H2,1H3/t12-,18+/m1/s1. The predicted molar refractivity (Wildman–Crippen MR) is 83.9 cm³/mol. The Morgan fingerprint density at radius 2 is 2.13 bits per heavy atom. The van der Waals surface area contributed by atoms with Gasteiger partial charge in [0.2, 0.25) is 0 Å². The van der Waals surface area contributed by atoms with Crippen molar-refractivity contribution in [2.45, 2.75) is 50.0 Å². The van der Waals surface area contributed by atoms with Crippen LogP contribution >= 0.6 is 0 Å². The summed E-state index contributed by atoms with van der Waals surface area (Å²) in [5, 5.41) is 14.3. The van der Waals surface area contributed by atoms with Crippen LogP contribution in [0.5, 0.6) is 11.5 Å². The number of rotatable bonds is 1. The third-order valence-corrected chi connectivity index (χ3v) is 5.80. The zero-order valence-electron chi connectivity index (χ0n) is 13.3. The topological polar surface area (TPSA) is 75.6 Å². The first-order valence-electron chi connectivity index (χ1n) is 8.28. The minimum atomic E-state index is -0.716. The average Bonchev–Trinajstić information content (AvgIpc) is 2.55. The highest BCUT2D eigenvalue weighted by Gasteiger charge is 2.51. The molecule has 1 heterocycles. The third-order valence-electron chi connectivity index (χ3n) is 5.80. The van der Waals surface area contributed by atoms with E-state index in [2.05, 4.69) is 5.32 Å². The number of phenols is 1. The van der Waals surface area contributed by atoms with E-state index in [4.69, 9.17) is 4.74 Å². The monoisotopic (exact) mass is 315 g/mol. The van der Waals surface area contributed by atoms with E-state index in [1.165, 1.54) is 7.11 Å². The zero-order valence-corrected chi connectivity index (χ0v) is 13.3. The van der Waals surface area contributed by atoms with Gasteiger partial charge in [-0.05, 0) is 49.4 Å². The first-order valence-corrected chi connectivity index (χ1v) is 8.28. The van der Waals surface area contributed by atoms with Crippen LogP contribution in [0.4, 0.5) is 0 Å². The Bertz CT molecular complexity index is 711. The second-order valence-electron chi connectivity index (χ2n) is 6.89. The molecule has 0 radical (unpaired) electrons. The van der Waals surface area contributed by atoms with Gasteiger partial charge in [-0.25, -0.2) is 0 Å². The zero-order chi connectivity index (χ0) is 16.2. The number of methoxy groups -OCH3 is 1. The fourth-order valence-electron chi connectivity index (χ4n) is 4.66. The van der Waals surface area contributed by atoms with E-state index in [0.29, 0.717) is 25.0 Å². The van der Waals surface area contributed by atoms with Crippen LogP contribution in [0, 0.1) is 0 Å². The summed E-state index contributed by atoms with van der Waals surface area (Å²) in [7, 11) is 1.54. The van der Waals surface area contributed by atoms with Crippen LogP contribution in [0.2, 0.25) is 0 Å². The maximum absolute atomic E-state index is 12.8. The van der Waals surface area contributed by atoms with Gasteiger partial charge in [-0.1, -0.05) is 0 Å². The van der Waals surface area contributed by atoms with Gasteiger partial charge >= 0.3 is 0 Å². The fraction of sp³-hybridized carbons (Fsp3) is 0.556. The molecular formula is C18H21NO4. The van der Waals surface area contributed by atoms with Crippen molar-refractivity contribution in [1.29, 1.82) is 0 Å². The summed E-state index contributed by atoms with van der Waals surface area (Å²) in [6.07, 6.45) is 3.32. The van der Waals surface area contributed by atoms with Gasteiger partial charge in [0.25, 0.3) is 0 Å². The molecule has 1 aliphatic heterocycles. The number of carbonyl (C=O) groups excluding carboxylic acids is 2. The summed E-state index contributed by atoms with van der Waals surface area (Å²) in [6, 6.07) is 2.08. The number of carbonyl (C=O) groups is 2. The number of benzene rings is 1. The number of Topliss-reactive ketones (excluding diaryl/α,β-unsaturated/α-hetero) is 2. The molecule has 1 aromatic carbocycles. The second kappa shape index (κ2) is 5.06. The van der Waals surface area contributed by atoms with Crippen molar-refractivity contribution in [2.24, 2.45) is 0 Å². The van der Waals surface area contributed by atoms with E-state index in [0.717, 1.165) is 36.1 Å². The van der Waals surface area contributed by atoms with Crippen molar-refractivity contribution in [3.05, 3.63) is 22.8 Å². The lowest BCUT2D eigenvalue weighted by Gasteiger charge is -2.45. The smallest absolute Gasteiger partial charge is 0.162 e. The van der Waals surface area contributed by atoms with E-state index in [-0.39, 0.29) is 29.8 Å². The molecule has 1 spiro atoms. The highest BCUT2D eigenvalue weighted by molar-refractivity contribution is 6.07. The lowest BCUT2D eigenvalue weighted by Crippen LogP contribution is -2.47. The SMILES string of the molecule is COc1cc2c3c(c1O)[C@@]1(CCC(=O)CC1=O)CC[C@H]3NCC2. The Morgan fingerprint density at radius 1 is 1.30 bits per heavy atom. The molecule has 1 saturated carbocycles. The summed E-state index contributed by atoms with van der Waals surface area (Å²) in [6.45, 7) is 0.893. The van der Waals surface area contributed by atoms with Gasteiger partial charge in [-0.2, -0.15) is 0 Å². The first kappa shape index (κ1) is 14.7. The molecule has 4 rings (SSSR count). The summed E-state index contributed by atoms with van der Waals surface area (Å²) >= 11 is 0. The van der Waals surface area contributed by atoms with Gasteiger partial charge in [0.15, 0.2) is 17.3 Å². The highest BCUT2D eigenvalue weighted by Crippen LogP contribution is 2.55. The maximum atomic E-state index is 12.8. The summed E-state index contributed by atoms with van der Waals surface area (Å²) in [4.78, 5) is 24.5. The van der Waals surface area contributed by atoms with Crippen molar-refractivity contribution in [1.82, 2.24) is 5.32 Å². The molecule has 1 fully saturated rings. The highest BCUT2D eigenvalue weighted by atomic mass is 16.5. The molecular weight excluding hydrogens is 294 g/mol. The van der Waals surface area contributed by atoms with Gasteiger partial charge in [0.05, 0.1) is 18.9 Å². The number of ketones is 2. The first-order chi connectivity index (χ1) is 11.1. The Kier molecular flexibility index (Phi) is 3.23. The largest absolute Gasteiger partial charge is 0.504 e. The van der Waals surface area contributed by atoms with E-state index < -0.39 is 5.41 Å². The summed E-state index contributed by atoms with van der Waals surface area (Å²) < 4.78 is 5.35. The minimum Gasteiger partial charge on any atom is -0.504 e. The normalized spacial score (nSPS) is 29.5. The van der Waals surface area contributed by atoms with Crippen LogP contribution in [0.25, 0.3) is 0 Å². The van der Waals surface area contributed by atoms with Crippen LogP contribution in [-0.2, 0) is 21.4 Å². The number of phenolic OH excluding ortho intramolecular Hbond substituents is 1. The van der Waals surface area contributed by atoms with Crippen molar-refractivity contribution < 1.29 is 19.4 Å². The molecule has 0 amide bonds. The lowest BCUT2D eigenvalue weighted by atomic mass is 9.59. The van der Waals surface area contributed by atoms with Crippen molar-refractivity contribution >= 4 is 11.6 Å². The number of hydrogen-bond acceptors (Lipinski definition) is 5. The van der Waals surface area contributed by atoms with Gasteiger partial charge in [0, 0.05) is 18.0 Å². The van der Waals surface area contributed by atoms with E-state index in [1.54, 1.807) is 0 Å². The Hall–Kier alpha value is -1.88. The number of fused-ring (bicyclic) bond motifs is 1. The third kappa shape index (κ3) is 1.96. The maximum Gasteiger partial charge on any atom is 0.162 e.